The van der Waals surface area contributed by atoms with Gasteiger partial charge in [-0.15, -0.1) is 0 Å². The molecule has 3 unspecified atom stereocenters. The quantitative estimate of drug-likeness (QED) is 0.197. The van der Waals surface area contributed by atoms with Crippen molar-refractivity contribution in [3.63, 3.8) is 0 Å². The highest BCUT2D eigenvalue weighted by Crippen LogP contribution is 2.37. The van der Waals surface area contributed by atoms with Crippen molar-refractivity contribution in [1.29, 1.82) is 0 Å². The van der Waals surface area contributed by atoms with Gasteiger partial charge >= 0.3 is 0 Å². The standard InChI is InChI=1S/C44H48N10O4/c45-41-39-40(29-6-9-35(10-7-29)58-34-4-2-1-3-5-34)49-54(42(39)47-27-46-41)31-16-20-51(21-17-31)33-15-18-50(26-33)23-28-14-19-52(24-28)32-8-11-36-30(22-32)25-53(44(36)57)37-12-13-38(55)48-43(37)56/h1-11,22,27-28,31,33,37H,12-21,23-26H2,(H2,45,46,47)(H,48,55,56). The second kappa shape index (κ2) is 15.1. The molecule has 10 rings (SSSR count). The van der Waals surface area contributed by atoms with Crippen molar-refractivity contribution in [3.05, 3.63) is 90.3 Å². The normalized spacial score (nSPS) is 23.2. The number of nitrogen functional groups attached to an aromatic ring is 1. The Morgan fingerprint density at radius 1 is 0.810 bits per heavy atom. The Balaban J connectivity index is 0.734. The van der Waals surface area contributed by atoms with Crippen LogP contribution in [0.4, 0.5) is 11.5 Å². The van der Waals surface area contributed by atoms with Crippen LogP contribution in [0.2, 0.25) is 0 Å². The van der Waals surface area contributed by atoms with Gasteiger partial charge in [-0.25, -0.2) is 14.6 Å². The molecule has 14 heteroatoms. The van der Waals surface area contributed by atoms with Crippen LogP contribution in [0.5, 0.6) is 11.5 Å². The predicted molar refractivity (Wildman–Crippen MR) is 219 cm³/mol. The number of nitrogens with two attached hydrogens (primary N) is 1. The lowest BCUT2D eigenvalue weighted by Crippen LogP contribution is -2.52. The maximum absolute atomic E-state index is 13.2. The van der Waals surface area contributed by atoms with Crippen LogP contribution in [0, 0.1) is 5.92 Å². The summed E-state index contributed by atoms with van der Waals surface area (Å²) in [5, 5.41) is 8.33. The van der Waals surface area contributed by atoms with Crippen molar-refractivity contribution < 1.29 is 19.1 Å². The molecular formula is C44H48N10O4. The molecule has 3 atom stereocenters. The first-order chi connectivity index (χ1) is 28.3. The summed E-state index contributed by atoms with van der Waals surface area (Å²) in [5.74, 6) is 1.80. The second-order valence-corrected chi connectivity index (χ2v) is 16.5. The lowest BCUT2D eigenvalue weighted by Gasteiger charge is -2.36. The number of amides is 3. The van der Waals surface area contributed by atoms with Crippen LogP contribution in [0.3, 0.4) is 0 Å². The SMILES string of the molecule is Nc1ncnc2c1c(-c1ccc(Oc3ccccc3)cc1)nn2C1CCN(C2CCN(CC3CCN(c4ccc5c(c4)CN(C4CCC(=O)NC4=O)C5=O)C3)C2)CC1. The molecule has 5 aromatic rings. The van der Waals surface area contributed by atoms with Crippen LogP contribution >= 0.6 is 0 Å². The Kier molecular flexibility index (Phi) is 9.52. The number of benzene rings is 3. The Hall–Kier alpha value is -5.86. The zero-order valence-electron chi connectivity index (χ0n) is 32.5. The fraction of sp³-hybridized carbons (Fsp3) is 0.409. The molecule has 5 aliphatic rings. The number of carbonyl (C=O) groups excluding carboxylic acids is 3. The van der Waals surface area contributed by atoms with Crippen molar-refractivity contribution in [3.8, 4) is 22.8 Å². The fourth-order valence-electron chi connectivity index (χ4n) is 9.87. The van der Waals surface area contributed by atoms with Crippen molar-refractivity contribution in [2.45, 2.75) is 63.2 Å². The van der Waals surface area contributed by atoms with Crippen LogP contribution in [0.25, 0.3) is 22.3 Å². The van der Waals surface area contributed by atoms with Crippen LogP contribution in [-0.4, -0.2) is 110 Å². The van der Waals surface area contributed by atoms with Crippen molar-refractivity contribution in [1.82, 2.24) is 39.8 Å². The molecule has 0 saturated carbocycles. The average Bonchev–Trinajstić information content (AvgIpc) is 4.05. The number of piperidine rings is 2. The van der Waals surface area contributed by atoms with Gasteiger partial charge < -0.3 is 25.2 Å². The number of hydrogen-bond donors (Lipinski definition) is 2. The predicted octanol–water partition coefficient (Wildman–Crippen LogP) is 4.87. The molecule has 3 amide bonds. The van der Waals surface area contributed by atoms with E-state index >= 15 is 0 Å². The van der Waals surface area contributed by atoms with E-state index in [1.54, 1.807) is 4.90 Å². The van der Waals surface area contributed by atoms with Gasteiger partial charge in [-0.1, -0.05) is 18.2 Å². The summed E-state index contributed by atoms with van der Waals surface area (Å²) in [7, 11) is 0. The number of ether oxygens (including phenoxy) is 1. The van der Waals surface area contributed by atoms with Crippen molar-refractivity contribution in [2.24, 2.45) is 5.92 Å². The number of carbonyl (C=O) groups is 3. The third-order valence-electron chi connectivity index (χ3n) is 12.9. The van der Waals surface area contributed by atoms with Gasteiger partial charge in [0.05, 0.1) is 11.4 Å². The highest BCUT2D eigenvalue weighted by Gasteiger charge is 2.40. The van der Waals surface area contributed by atoms with E-state index < -0.39 is 6.04 Å². The highest BCUT2D eigenvalue weighted by molar-refractivity contribution is 6.05. The van der Waals surface area contributed by atoms with Gasteiger partial charge in [-0.3, -0.25) is 24.6 Å². The molecule has 4 saturated heterocycles. The monoisotopic (exact) mass is 780 g/mol. The van der Waals surface area contributed by atoms with Crippen molar-refractivity contribution in [2.75, 3.05) is 56.4 Å². The van der Waals surface area contributed by atoms with E-state index in [-0.39, 0.29) is 30.2 Å². The number of anilines is 2. The summed E-state index contributed by atoms with van der Waals surface area (Å²) in [6, 6.07) is 24.0. The van der Waals surface area contributed by atoms with E-state index in [0.717, 1.165) is 110 Å². The minimum Gasteiger partial charge on any atom is -0.457 e. The topological polar surface area (TPSA) is 155 Å². The summed E-state index contributed by atoms with van der Waals surface area (Å²) in [6.45, 7) is 7.75. The molecule has 0 bridgehead atoms. The molecule has 7 heterocycles. The Morgan fingerprint density at radius 3 is 2.41 bits per heavy atom. The molecule has 3 aromatic carbocycles. The average molecular weight is 781 g/mol. The third kappa shape index (κ3) is 6.93. The molecule has 5 aliphatic heterocycles. The smallest absolute Gasteiger partial charge is 0.255 e. The molecule has 3 N–H and O–H groups in total. The lowest BCUT2D eigenvalue weighted by atomic mass is 10.0. The maximum atomic E-state index is 13.2. The van der Waals surface area contributed by atoms with Gasteiger partial charge in [-0.2, -0.15) is 5.10 Å². The third-order valence-corrected chi connectivity index (χ3v) is 12.9. The van der Waals surface area contributed by atoms with E-state index in [1.807, 2.05) is 60.7 Å². The second-order valence-electron chi connectivity index (χ2n) is 16.5. The number of fused-ring (bicyclic) bond motifs is 2. The van der Waals surface area contributed by atoms with Crippen LogP contribution in [0.1, 0.15) is 60.5 Å². The molecule has 2 aromatic heterocycles. The number of nitrogens with one attached hydrogen (secondary N) is 1. The first kappa shape index (κ1) is 36.5. The molecule has 298 valence electrons. The van der Waals surface area contributed by atoms with E-state index in [9.17, 15) is 14.4 Å². The Bertz CT molecular complexity index is 2360. The van der Waals surface area contributed by atoms with E-state index in [0.29, 0.717) is 36.3 Å². The highest BCUT2D eigenvalue weighted by atomic mass is 16.5. The van der Waals surface area contributed by atoms with Gasteiger partial charge in [0.1, 0.15) is 35.4 Å². The molecule has 4 fully saturated rings. The Labute approximate surface area is 336 Å². The summed E-state index contributed by atoms with van der Waals surface area (Å²) < 4.78 is 8.11. The van der Waals surface area contributed by atoms with Crippen LogP contribution < -0.4 is 20.7 Å². The maximum Gasteiger partial charge on any atom is 0.255 e. The first-order valence-electron chi connectivity index (χ1n) is 20.7. The molecule has 0 spiro atoms. The van der Waals surface area contributed by atoms with Gasteiger partial charge in [0, 0.05) is 75.1 Å². The number of para-hydroxylation sites is 1. The van der Waals surface area contributed by atoms with E-state index in [1.165, 1.54) is 12.7 Å². The molecule has 58 heavy (non-hydrogen) atoms. The van der Waals surface area contributed by atoms with Gasteiger partial charge in [0.15, 0.2) is 5.65 Å². The summed E-state index contributed by atoms with van der Waals surface area (Å²) in [5.41, 5.74) is 11.7. The number of rotatable bonds is 9. The lowest BCUT2D eigenvalue weighted by molar-refractivity contribution is -0.136. The number of nitrogens with zero attached hydrogens (tertiary/aromatic N) is 8. The summed E-state index contributed by atoms with van der Waals surface area (Å²) >= 11 is 0. The van der Waals surface area contributed by atoms with Gasteiger partial charge in [0.25, 0.3) is 5.91 Å². The fourth-order valence-corrected chi connectivity index (χ4v) is 9.87. The minimum absolute atomic E-state index is 0.125. The first-order valence-corrected chi connectivity index (χ1v) is 20.7. The number of aromatic nitrogens is 4. The summed E-state index contributed by atoms with van der Waals surface area (Å²) in [6.07, 6.45) is 6.49. The van der Waals surface area contributed by atoms with E-state index in [2.05, 4.69) is 46.8 Å². The summed E-state index contributed by atoms with van der Waals surface area (Å²) in [4.78, 5) is 55.8. The minimum atomic E-state index is -0.593. The molecule has 0 radical (unpaired) electrons. The number of likely N-dealkylation sites (tertiary alicyclic amines) is 2. The largest absolute Gasteiger partial charge is 0.457 e. The van der Waals surface area contributed by atoms with Gasteiger partial charge in [-0.05, 0) is 105 Å². The Morgan fingerprint density at radius 2 is 1.60 bits per heavy atom. The number of imide groups is 1. The number of hydrogen-bond acceptors (Lipinski definition) is 11. The molecule has 14 nitrogen and oxygen atoms in total. The van der Waals surface area contributed by atoms with Crippen molar-refractivity contribution >= 4 is 40.3 Å². The van der Waals surface area contributed by atoms with Crippen LogP contribution in [0.15, 0.2) is 79.1 Å². The molecule has 0 aliphatic carbocycles. The zero-order valence-corrected chi connectivity index (χ0v) is 32.5. The van der Waals surface area contributed by atoms with E-state index in [4.69, 9.17) is 15.6 Å². The molecular weight excluding hydrogens is 733 g/mol. The van der Waals surface area contributed by atoms with Gasteiger partial charge in [0.2, 0.25) is 11.8 Å². The van der Waals surface area contributed by atoms with Crippen LogP contribution in [-0.2, 0) is 16.1 Å². The zero-order chi connectivity index (χ0) is 39.3.